The Morgan fingerprint density at radius 1 is 1.13 bits per heavy atom. The van der Waals surface area contributed by atoms with Crippen molar-refractivity contribution < 1.29 is 4.79 Å². The minimum atomic E-state index is -0.411. The van der Waals surface area contributed by atoms with Crippen molar-refractivity contribution in [2.75, 3.05) is 0 Å². The number of carbonyl (C=O) groups excluding carboxylic acids is 1. The van der Waals surface area contributed by atoms with Crippen LogP contribution < -0.4 is 10.9 Å². The molecule has 1 amide bonds. The molecule has 0 aliphatic carbocycles. The van der Waals surface area contributed by atoms with E-state index in [-0.39, 0.29) is 23.4 Å². The molecule has 0 saturated heterocycles. The van der Waals surface area contributed by atoms with Crippen LogP contribution in [0.3, 0.4) is 0 Å². The molecule has 2 aromatic carbocycles. The Balaban J connectivity index is 1.87. The molecule has 2 atom stereocenters. The maximum absolute atomic E-state index is 13.1. The average Bonchev–Trinajstić information content (AvgIpc) is 2.71. The van der Waals surface area contributed by atoms with E-state index in [0.29, 0.717) is 27.6 Å². The third kappa shape index (κ3) is 5.24. The van der Waals surface area contributed by atoms with Gasteiger partial charge in [-0.25, -0.2) is 4.98 Å². The maximum Gasteiger partial charge on any atom is 0.262 e. The fraction of sp³-hybridized carbons (Fsp3) is 0.348. The number of amides is 1. The number of hydrogen-bond donors (Lipinski definition) is 1. The number of carbonyl (C=O) groups is 1. The van der Waals surface area contributed by atoms with E-state index in [0.717, 1.165) is 5.56 Å². The van der Waals surface area contributed by atoms with Crippen molar-refractivity contribution in [1.29, 1.82) is 0 Å². The highest BCUT2D eigenvalue weighted by molar-refractivity contribution is 8.00. The van der Waals surface area contributed by atoms with Crippen molar-refractivity contribution in [3.8, 4) is 0 Å². The zero-order valence-electron chi connectivity index (χ0n) is 17.6. The Morgan fingerprint density at radius 2 is 1.83 bits per heavy atom. The topological polar surface area (TPSA) is 64.0 Å². The third-order valence-corrected chi connectivity index (χ3v) is 6.06. The maximum atomic E-state index is 13.1. The molecule has 1 N–H and O–H groups in total. The van der Waals surface area contributed by atoms with Gasteiger partial charge in [0.2, 0.25) is 5.91 Å². The number of rotatable bonds is 7. The van der Waals surface area contributed by atoms with Gasteiger partial charge in [-0.2, -0.15) is 0 Å². The van der Waals surface area contributed by atoms with Crippen LogP contribution in [0.25, 0.3) is 10.9 Å². The summed E-state index contributed by atoms with van der Waals surface area (Å²) in [6, 6.07) is 14.8. The van der Waals surface area contributed by atoms with Crippen molar-refractivity contribution >= 4 is 40.2 Å². The largest absolute Gasteiger partial charge is 0.349 e. The molecule has 30 heavy (non-hydrogen) atoms. The lowest BCUT2D eigenvalue weighted by atomic mass is 10.1. The number of hydrogen-bond acceptors (Lipinski definition) is 4. The molecule has 0 bridgehead atoms. The Kier molecular flexibility index (Phi) is 7.21. The highest BCUT2D eigenvalue weighted by Gasteiger charge is 2.21. The second-order valence-electron chi connectivity index (χ2n) is 7.77. The van der Waals surface area contributed by atoms with Crippen LogP contribution in [-0.2, 0) is 11.3 Å². The molecule has 3 rings (SSSR count). The van der Waals surface area contributed by atoms with Gasteiger partial charge in [-0.15, -0.1) is 0 Å². The van der Waals surface area contributed by atoms with Crippen LogP contribution >= 0.6 is 23.4 Å². The summed E-state index contributed by atoms with van der Waals surface area (Å²) in [4.78, 5) is 30.6. The normalized spacial score (nSPS) is 13.4. The second kappa shape index (κ2) is 9.67. The van der Waals surface area contributed by atoms with Gasteiger partial charge in [-0.3, -0.25) is 14.2 Å². The lowest BCUT2D eigenvalue weighted by Crippen LogP contribution is -2.34. The average molecular weight is 444 g/mol. The summed E-state index contributed by atoms with van der Waals surface area (Å²) in [6.07, 6.45) is 0. The zero-order valence-corrected chi connectivity index (χ0v) is 19.1. The van der Waals surface area contributed by atoms with Crippen LogP contribution in [0.1, 0.15) is 39.3 Å². The second-order valence-corrected chi connectivity index (χ2v) is 9.51. The predicted octanol–water partition coefficient (Wildman–Crippen LogP) is 5.06. The fourth-order valence-corrected chi connectivity index (χ4v) is 4.26. The molecule has 1 aromatic heterocycles. The smallest absolute Gasteiger partial charge is 0.262 e. The molecule has 0 saturated carbocycles. The van der Waals surface area contributed by atoms with Gasteiger partial charge in [0.25, 0.3) is 5.56 Å². The Labute approximate surface area is 185 Å². The van der Waals surface area contributed by atoms with Gasteiger partial charge >= 0.3 is 0 Å². The summed E-state index contributed by atoms with van der Waals surface area (Å²) < 4.78 is 1.65. The van der Waals surface area contributed by atoms with Crippen LogP contribution in [-0.4, -0.2) is 20.7 Å². The van der Waals surface area contributed by atoms with E-state index < -0.39 is 5.25 Å². The molecule has 0 fully saturated rings. The molecule has 7 heteroatoms. The third-order valence-electron chi connectivity index (χ3n) is 4.74. The van der Waals surface area contributed by atoms with Crippen LogP contribution in [0.5, 0.6) is 0 Å². The first-order valence-electron chi connectivity index (χ1n) is 9.98. The van der Waals surface area contributed by atoms with Crippen LogP contribution in [0.2, 0.25) is 5.02 Å². The fourth-order valence-electron chi connectivity index (χ4n) is 3.16. The van der Waals surface area contributed by atoms with Crippen LogP contribution in [0, 0.1) is 5.92 Å². The van der Waals surface area contributed by atoms with Crippen LogP contribution in [0.4, 0.5) is 0 Å². The molecule has 0 aliphatic heterocycles. The minimum absolute atomic E-state index is 0.0992. The molecular weight excluding hydrogens is 418 g/mol. The van der Waals surface area contributed by atoms with E-state index >= 15 is 0 Å². The molecule has 1 heterocycles. The van der Waals surface area contributed by atoms with Crippen molar-refractivity contribution in [1.82, 2.24) is 14.9 Å². The van der Waals surface area contributed by atoms with E-state index in [2.05, 4.69) is 10.3 Å². The summed E-state index contributed by atoms with van der Waals surface area (Å²) in [5, 5.41) is 4.16. The summed E-state index contributed by atoms with van der Waals surface area (Å²) >= 11 is 7.38. The van der Waals surface area contributed by atoms with E-state index in [1.54, 1.807) is 22.8 Å². The Hall–Kier alpha value is -2.31. The Morgan fingerprint density at radius 3 is 2.50 bits per heavy atom. The highest BCUT2D eigenvalue weighted by atomic mass is 35.5. The number of fused-ring (bicyclic) bond motifs is 1. The van der Waals surface area contributed by atoms with Crippen molar-refractivity contribution in [3.63, 3.8) is 0 Å². The first kappa shape index (κ1) is 22.4. The molecule has 0 spiro atoms. The monoisotopic (exact) mass is 443 g/mol. The molecule has 0 unspecified atom stereocenters. The SMILES string of the molecule is CC(C)Cn1c(S[C@H](C)C(=O)N[C@@H](C)c2ccccc2)nc2ccc(Cl)cc2c1=O. The van der Waals surface area contributed by atoms with Gasteiger partial charge in [0.1, 0.15) is 0 Å². The van der Waals surface area contributed by atoms with Gasteiger partial charge < -0.3 is 5.32 Å². The van der Waals surface area contributed by atoms with Gasteiger partial charge in [0.05, 0.1) is 22.2 Å². The quantitative estimate of drug-likeness (QED) is 0.409. The number of thioether (sulfide) groups is 1. The molecule has 158 valence electrons. The molecule has 3 aromatic rings. The van der Waals surface area contributed by atoms with E-state index in [1.807, 2.05) is 58.0 Å². The number of nitrogens with one attached hydrogen (secondary N) is 1. The van der Waals surface area contributed by atoms with Crippen molar-refractivity contribution in [3.05, 3.63) is 69.5 Å². The van der Waals surface area contributed by atoms with Gasteiger partial charge in [-0.05, 0) is 43.5 Å². The standard InChI is InChI=1S/C23H26ClN3O2S/c1-14(2)13-27-22(29)19-12-18(24)10-11-20(19)26-23(27)30-16(4)21(28)25-15(3)17-8-6-5-7-9-17/h5-12,14-16H,13H2,1-4H3,(H,25,28)/t15-,16+/m0/s1. The van der Waals surface area contributed by atoms with E-state index in [9.17, 15) is 9.59 Å². The Bertz CT molecular complexity index is 1100. The number of aromatic nitrogens is 2. The van der Waals surface area contributed by atoms with Crippen LogP contribution in [0.15, 0.2) is 58.5 Å². The zero-order chi connectivity index (χ0) is 21.8. The number of halogens is 1. The molecule has 0 aliphatic rings. The molecular formula is C23H26ClN3O2S. The van der Waals surface area contributed by atoms with E-state index in [1.165, 1.54) is 11.8 Å². The number of nitrogens with zero attached hydrogens (tertiary/aromatic N) is 2. The first-order valence-corrected chi connectivity index (χ1v) is 11.2. The summed E-state index contributed by atoms with van der Waals surface area (Å²) in [5.41, 5.74) is 1.49. The molecule has 0 radical (unpaired) electrons. The summed E-state index contributed by atoms with van der Waals surface area (Å²) in [6.45, 7) is 8.39. The molecule has 5 nitrogen and oxygen atoms in total. The van der Waals surface area contributed by atoms with Gasteiger partial charge in [-0.1, -0.05) is 67.5 Å². The van der Waals surface area contributed by atoms with Gasteiger partial charge in [0, 0.05) is 11.6 Å². The first-order chi connectivity index (χ1) is 14.3. The van der Waals surface area contributed by atoms with Crippen molar-refractivity contribution in [2.45, 2.75) is 50.7 Å². The lowest BCUT2D eigenvalue weighted by Gasteiger charge is -2.20. The van der Waals surface area contributed by atoms with E-state index in [4.69, 9.17) is 11.6 Å². The summed E-state index contributed by atoms with van der Waals surface area (Å²) in [5.74, 6) is 0.153. The number of benzene rings is 2. The highest BCUT2D eigenvalue weighted by Crippen LogP contribution is 2.25. The minimum Gasteiger partial charge on any atom is -0.349 e. The van der Waals surface area contributed by atoms with Gasteiger partial charge in [0.15, 0.2) is 5.16 Å². The predicted molar refractivity (Wildman–Crippen MR) is 124 cm³/mol. The van der Waals surface area contributed by atoms with Crippen molar-refractivity contribution in [2.24, 2.45) is 5.92 Å². The summed E-state index contributed by atoms with van der Waals surface area (Å²) in [7, 11) is 0. The lowest BCUT2D eigenvalue weighted by molar-refractivity contribution is -0.120.